The minimum atomic E-state index is -0.199. The summed E-state index contributed by atoms with van der Waals surface area (Å²) in [6, 6.07) is 25.9. The number of hydrogen-bond acceptors (Lipinski definition) is 4. The van der Waals surface area contributed by atoms with Gasteiger partial charge in [-0.25, -0.2) is 9.98 Å². The number of nitrogens with one attached hydrogen (secondary N) is 1. The maximum absolute atomic E-state index is 12.5. The van der Waals surface area contributed by atoms with E-state index in [-0.39, 0.29) is 11.2 Å². The van der Waals surface area contributed by atoms with Crippen molar-refractivity contribution >= 4 is 55.9 Å². The molecule has 0 radical (unpaired) electrons. The number of amidine groups is 1. The van der Waals surface area contributed by atoms with E-state index in [4.69, 9.17) is 9.98 Å². The monoisotopic (exact) mass is 473 g/mol. The highest BCUT2D eigenvalue weighted by Crippen LogP contribution is 2.40. The van der Waals surface area contributed by atoms with Crippen molar-refractivity contribution < 1.29 is 4.79 Å². The molecule has 2 aliphatic rings. The quantitative estimate of drug-likeness (QED) is 0.490. The molecule has 3 aromatic rings. The number of anilines is 1. The van der Waals surface area contributed by atoms with Gasteiger partial charge in [-0.05, 0) is 35.4 Å². The summed E-state index contributed by atoms with van der Waals surface area (Å²) in [5.74, 6) is -0.199. The van der Waals surface area contributed by atoms with Gasteiger partial charge in [-0.15, -0.1) is 0 Å². The Kier molecular flexibility index (Phi) is 5.11. The van der Waals surface area contributed by atoms with E-state index in [1.807, 2.05) is 66.7 Å². The highest BCUT2D eigenvalue weighted by molar-refractivity contribution is 9.10. The molecule has 1 unspecified atom stereocenters. The van der Waals surface area contributed by atoms with Crippen molar-refractivity contribution in [1.29, 1.82) is 0 Å². The first kappa shape index (κ1) is 19.0. The maximum atomic E-state index is 12.5. The molecule has 0 bridgehead atoms. The molecule has 1 amide bonds. The molecule has 1 atom stereocenters. The lowest BCUT2D eigenvalue weighted by atomic mass is 10.1. The second kappa shape index (κ2) is 8.05. The van der Waals surface area contributed by atoms with Gasteiger partial charge >= 0.3 is 0 Å². The van der Waals surface area contributed by atoms with Gasteiger partial charge in [-0.2, -0.15) is 0 Å². The van der Waals surface area contributed by atoms with Gasteiger partial charge in [0.1, 0.15) is 5.71 Å². The lowest BCUT2D eigenvalue weighted by molar-refractivity contribution is -0.110. The smallest absolute Gasteiger partial charge is 0.275 e. The summed E-state index contributed by atoms with van der Waals surface area (Å²) in [5.41, 5.74) is 5.02. The molecule has 0 aromatic heterocycles. The van der Waals surface area contributed by atoms with Gasteiger partial charge in [-0.3, -0.25) is 4.79 Å². The van der Waals surface area contributed by atoms with E-state index in [1.54, 1.807) is 11.8 Å². The zero-order chi connectivity index (χ0) is 20.5. The van der Waals surface area contributed by atoms with Crippen LogP contribution in [0.25, 0.3) is 5.70 Å². The van der Waals surface area contributed by atoms with Crippen molar-refractivity contribution in [3.63, 3.8) is 0 Å². The molecule has 146 valence electrons. The zero-order valence-corrected chi connectivity index (χ0v) is 18.2. The van der Waals surface area contributed by atoms with Gasteiger partial charge in [0.25, 0.3) is 5.91 Å². The van der Waals surface area contributed by atoms with E-state index in [0.29, 0.717) is 10.9 Å². The SMILES string of the molecule is O=C1Nc2ccccc2C1=NC1=NC(c2ccccc2)=CC(c2ccc(Br)cc2)S1. The van der Waals surface area contributed by atoms with E-state index in [2.05, 4.69) is 39.5 Å². The van der Waals surface area contributed by atoms with Gasteiger partial charge in [0, 0.05) is 10.0 Å². The van der Waals surface area contributed by atoms with Gasteiger partial charge in [0.2, 0.25) is 0 Å². The molecule has 0 spiro atoms. The van der Waals surface area contributed by atoms with Crippen LogP contribution < -0.4 is 5.32 Å². The average Bonchev–Trinajstić information content (AvgIpc) is 3.10. The lowest BCUT2D eigenvalue weighted by Gasteiger charge is -2.19. The second-order valence-electron chi connectivity index (χ2n) is 6.86. The summed E-state index contributed by atoms with van der Waals surface area (Å²) in [6.07, 6.45) is 2.15. The summed E-state index contributed by atoms with van der Waals surface area (Å²) in [7, 11) is 0. The normalized spacial score (nSPS) is 19.2. The van der Waals surface area contributed by atoms with Crippen LogP contribution in [0.2, 0.25) is 0 Å². The van der Waals surface area contributed by atoms with E-state index in [1.165, 1.54) is 0 Å². The third-order valence-electron chi connectivity index (χ3n) is 4.88. The number of fused-ring (bicyclic) bond motifs is 1. The Morgan fingerprint density at radius 2 is 1.67 bits per heavy atom. The highest BCUT2D eigenvalue weighted by Gasteiger charge is 2.28. The van der Waals surface area contributed by atoms with Gasteiger partial charge in [0.05, 0.1) is 16.6 Å². The van der Waals surface area contributed by atoms with Crippen LogP contribution >= 0.6 is 27.7 Å². The van der Waals surface area contributed by atoms with Crippen molar-refractivity contribution in [1.82, 2.24) is 0 Å². The van der Waals surface area contributed by atoms with Crippen LogP contribution in [0.3, 0.4) is 0 Å². The minimum absolute atomic E-state index is 0.0462. The van der Waals surface area contributed by atoms with Crippen LogP contribution in [-0.2, 0) is 4.79 Å². The first-order chi connectivity index (χ1) is 14.7. The van der Waals surface area contributed by atoms with Crippen molar-refractivity contribution in [2.75, 3.05) is 5.32 Å². The standard InChI is InChI=1S/C24H16BrN3OS/c25-17-12-10-16(11-13-17)21-14-20(15-6-2-1-3-7-15)27-24(30-21)28-22-18-8-4-5-9-19(18)26-23(22)29/h1-14,21H,(H,26,27,28,29). The molecule has 6 heteroatoms. The van der Waals surface area contributed by atoms with Gasteiger partial charge in [-0.1, -0.05) is 88.4 Å². The van der Waals surface area contributed by atoms with Gasteiger partial charge < -0.3 is 5.32 Å². The number of nitrogens with zero attached hydrogens (tertiary/aromatic N) is 2. The summed E-state index contributed by atoms with van der Waals surface area (Å²) < 4.78 is 1.03. The molecule has 2 aliphatic heterocycles. The number of benzene rings is 3. The van der Waals surface area contributed by atoms with Crippen molar-refractivity contribution in [2.45, 2.75) is 5.25 Å². The van der Waals surface area contributed by atoms with Crippen molar-refractivity contribution in [2.24, 2.45) is 9.98 Å². The van der Waals surface area contributed by atoms with Crippen molar-refractivity contribution in [3.8, 4) is 0 Å². The van der Waals surface area contributed by atoms with E-state index >= 15 is 0 Å². The largest absolute Gasteiger partial charge is 0.320 e. The molecule has 4 nitrogen and oxygen atoms in total. The Bertz CT molecular complexity index is 1220. The summed E-state index contributed by atoms with van der Waals surface area (Å²) in [4.78, 5) is 22.0. The van der Waals surface area contributed by atoms with E-state index < -0.39 is 0 Å². The molecular weight excluding hydrogens is 458 g/mol. The second-order valence-corrected chi connectivity index (χ2v) is 8.89. The number of carbonyl (C=O) groups excluding carboxylic acids is 1. The van der Waals surface area contributed by atoms with Crippen LogP contribution in [0, 0.1) is 0 Å². The molecule has 1 N–H and O–H groups in total. The Labute approximate surface area is 187 Å². The minimum Gasteiger partial charge on any atom is -0.320 e. The van der Waals surface area contributed by atoms with E-state index in [0.717, 1.165) is 32.5 Å². The number of carbonyl (C=O) groups is 1. The first-order valence-electron chi connectivity index (χ1n) is 9.45. The topological polar surface area (TPSA) is 53.8 Å². The predicted octanol–water partition coefficient (Wildman–Crippen LogP) is 6.08. The number of amides is 1. The summed E-state index contributed by atoms with van der Waals surface area (Å²) in [5, 5.41) is 3.50. The van der Waals surface area contributed by atoms with Crippen LogP contribution in [0.15, 0.2) is 99.4 Å². The fourth-order valence-electron chi connectivity index (χ4n) is 3.40. The number of thioether (sulfide) groups is 1. The molecule has 3 aromatic carbocycles. The molecule has 0 saturated heterocycles. The number of para-hydroxylation sites is 1. The third-order valence-corrected chi connectivity index (χ3v) is 6.46. The molecule has 0 saturated carbocycles. The number of hydrogen-bond donors (Lipinski definition) is 1. The molecule has 30 heavy (non-hydrogen) atoms. The van der Waals surface area contributed by atoms with Crippen LogP contribution in [0.4, 0.5) is 5.69 Å². The fraction of sp³-hybridized carbons (Fsp3) is 0.0417. The molecular formula is C24H16BrN3OS. The number of rotatable bonds is 2. The Morgan fingerprint density at radius 3 is 2.47 bits per heavy atom. The van der Waals surface area contributed by atoms with Crippen molar-refractivity contribution in [3.05, 3.63) is 106 Å². The van der Waals surface area contributed by atoms with Gasteiger partial charge in [0.15, 0.2) is 5.17 Å². The molecule has 0 aliphatic carbocycles. The predicted molar refractivity (Wildman–Crippen MR) is 128 cm³/mol. The highest BCUT2D eigenvalue weighted by atomic mass is 79.9. The van der Waals surface area contributed by atoms with Crippen LogP contribution in [0.5, 0.6) is 0 Å². The maximum Gasteiger partial charge on any atom is 0.275 e. The molecule has 2 heterocycles. The number of halogens is 1. The van der Waals surface area contributed by atoms with E-state index in [9.17, 15) is 4.79 Å². The average molecular weight is 474 g/mol. The van der Waals surface area contributed by atoms with Crippen LogP contribution in [0.1, 0.15) is 21.9 Å². The Hall–Kier alpha value is -2.96. The molecule has 5 rings (SSSR count). The summed E-state index contributed by atoms with van der Waals surface area (Å²) >= 11 is 5.04. The molecule has 0 fully saturated rings. The number of aliphatic imine (C=N–C) groups is 2. The Morgan fingerprint density at radius 1 is 0.933 bits per heavy atom. The lowest BCUT2D eigenvalue weighted by Crippen LogP contribution is -2.16. The first-order valence-corrected chi connectivity index (χ1v) is 11.1. The third kappa shape index (κ3) is 3.76. The Balaban J connectivity index is 1.58. The summed E-state index contributed by atoms with van der Waals surface area (Å²) in [6.45, 7) is 0. The fourth-order valence-corrected chi connectivity index (χ4v) is 4.68. The van der Waals surface area contributed by atoms with Crippen LogP contribution in [-0.4, -0.2) is 16.8 Å². The zero-order valence-electron chi connectivity index (χ0n) is 15.7.